The van der Waals surface area contributed by atoms with Gasteiger partial charge >= 0.3 is 0 Å². The van der Waals surface area contributed by atoms with Crippen LogP contribution in [0.15, 0.2) is 53.4 Å². The van der Waals surface area contributed by atoms with E-state index >= 15 is 0 Å². The molecule has 8 heteroatoms. The van der Waals surface area contributed by atoms with E-state index in [9.17, 15) is 18.0 Å². The molecule has 0 saturated heterocycles. The number of hydrogen-bond donors (Lipinski definition) is 3. The molecule has 172 valence electrons. The maximum Gasteiger partial charge on any atom is 0.243 e. The van der Waals surface area contributed by atoms with E-state index < -0.39 is 10.0 Å². The van der Waals surface area contributed by atoms with Crippen LogP contribution in [0.4, 0.5) is 5.69 Å². The first-order chi connectivity index (χ1) is 15.2. The Morgan fingerprint density at radius 2 is 1.44 bits per heavy atom. The summed E-state index contributed by atoms with van der Waals surface area (Å²) in [7, 11) is -3.53. The van der Waals surface area contributed by atoms with E-state index in [0.717, 1.165) is 24.0 Å². The van der Waals surface area contributed by atoms with Gasteiger partial charge < -0.3 is 10.6 Å². The second kappa shape index (κ2) is 10.7. The zero-order valence-electron chi connectivity index (χ0n) is 18.6. The van der Waals surface area contributed by atoms with Gasteiger partial charge in [0, 0.05) is 18.2 Å². The van der Waals surface area contributed by atoms with Crippen LogP contribution in [0.2, 0.25) is 0 Å². The molecule has 1 saturated carbocycles. The molecule has 0 aromatic heterocycles. The fraction of sp³-hybridized carbons (Fsp3) is 0.417. The van der Waals surface area contributed by atoms with Crippen LogP contribution in [0.5, 0.6) is 0 Å². The summed E-state index contributed by atoms with van der Waals surface area (Å²) >= 11 is 0. The Morgan fingerprint density at radius 3 is 2.03 bits per heavy atom. The van der Waals surface area contributed by atoms with Crippen LogP contribution >= 0.6 is 0 Å². The van der Waals surface area contributed by atoms with Crippen LogP contribution < -0.4 is 15.4 Å². The topological polar surface area (TPSA) is 104 Å². The van der Waals surface area contributed by atoms with E-state index in [1.54, 1.807) is 24.3 Å². The monoisotopic (exact) mass is 457 g/mol. The first-order valence-electron chi connectivity index (χ1n) is 10.9. The number of carbonyl (C=O) groups is 2. The van der Waals surface area contributed by atoms with Crippen molar-refractivity contribution < 1.29 is 18.0 Å². The number of nitrogens with one attached hydrogen (secondary N) is 3. The number of benzene rings is 2. The Hall–Kier alpha value is -2.71. The van der Waals surface area contributed by atoms with Gasteiger partial charge in [0.2, 0.25) is 21.8 Å². The molecule has 3 N–H and O–H groups in total. The number of anilines is 1. The number of carbonyl (C=O) groups excluding carboxylic acids is 2. The van der Waals surface area contributed by atoms with E-state index in [0.29, 0.717) is 25.1 Å². The Kier molecular flexibility index (Phi) is 8.04. The molecule has 1 fully saturated rings. The zero-order valence-corrected chi connectivity index (χ0v) is 19.4. The minimum Gasteiger partial charge on any atom is -0.347 e. The van der Waals surface area contributed by atoms with Crippen molar-refractivity contribution in [2.24, 2.45) is 11.8 Å². The normalized spacial score (nSPS) is 18.7. The number of rotatable bonds is 8. The summed E-state index contributed by atoms with van der Waals surface area (Å²) in [4.78, 5) is 24.8. The summed E-state index contributed by atoms with van der Waals surface area (Å²) in [5.41, 5.74) is 2.81. The highest BCUT2D eigenvalue weighted by Crippen LogP contribution is 2.29. The fourth-order valence-electron chi connectivity index (χ4n) is 3.81. The number of aryl methyl sites for hydroxylation is 2. The van der Waals surface area contributed by atoms with E-state index in [-0.39, 0.29) is 35.1 Å². The molecule has 2 aromatic rings. The third-order valence-electron chi connectivity index (χ3n) is 5.87. The highest BCUT2D eigenvalue weighted by atomic mass is 32.2. The van der Waals surface area contributed by atoms with Gasteiger partial charge in [-0.15, -0.1) is 0 Å². The van der Waals surface area contributed by atoms with Crippen molar-refractivity contribution >= 4 is 27.5 Å². The summed E-state index contributed by atoms with van der Waals surface area (Å²) in [5.74, 6) is -0.333. The Bertz CT molecular complexity index is 1030. The van der Waals surface area contributed by atoms with Gasteiger partial charge in [-0.2, -0.15) is 0 Å². The standard InChI is InChI=1S/C24H31N3O4S/c1-17-3-11-21(12-4-17)27-23(28)16-25-24(29)20-9-7-19(8-10-20)15-26-32(30,31)22-13-5-18(2)6-14-22/h3-6,11-14,19-20,26H,7-10,15-16H2,1-2H3,(H,25,29)(H,27,28). The third-order valence-corrected chi connectivity index (χ3v) is 7.31. The van der Waals surface area contributed by atoms with Crippen molar-refractivity contribution in [2.75, 3.05) is 18.4 Å². The van der Waals surface area contributed by atoms with Gasteiger partial charge in [-0.1, -0.05) is 35.4 Å². The molecule has 32 heavy (non-hydrogen) atoms. The number of hydrogen-bond acceptors (Lipinski definition) is 4. The predicted octanol–water partition coefficient (Wildman–Crippen LogP) is 3.14. The summed E-state index contributed by atoms with van der Waals surface area (Å²) in [6.07, 6.45) is 2.90. The first kappa shape index (κ1) is 23.9. The van der Waals surface area contributed by atoms with Crippen molar-refractivity contribution in [1.29, 1.82) is 0 Å². The Labute approximate surface area is 190 Å². The molecule has 1 aliphatic rings. The van der Waals surface area contributed by atoms with E-state index in [2.05, 4.69) is 15.4 Å². The average molecular weight is 458 g/mol. The molecule has 7 nitrogen and oxygen atoms in total. The molecule has 0 aliphatic heterocycles. The Balaban J connectivity index is 1.38. The minimum absolute atomic E-state index is 0.0665. The highest BCUT2D eigenvalue weighted by molar-refractivity contribution is 7.89. The van der Waals surface area contributed by atoms with Gasteiger partial charge in [0.15, 0.2) is 0 Å². The summed E-state index contributed by atoms with van der Waals surface area (Å²) < 4.78 is 27.6. The van der Waals surface area contributed by atoms with Gasteiger partial charge in [-0.05, 0) is 69.7 Å². The second-order valence-electron chi connectivity index (χ2n) is 8.51. The highest BCUT2D eigenvalue weighted by Gasteiger charge is 2.27. The van der Waals surface area contributed by atoms with Crippen LogP contribution in [0, 0.1) is 25.7 Å². The maximum absolute atomic E-state index is 12.4. The fourth-order valence-corrected chi connectivity index (χ4v) is 4.93. The maximum atomic E-state index is 12.4. The molecular weight excluding hydrogens is 426 g/mol. The van der Waals surface area contributed by atoms with Gasteiger partial charge in [-0.25, -0.2) is 13.1 Å². The molecule has 0 unspecified atom stereocenters. The largest absolute Gasteiger partial charge is 0.347 e. The van der Waals surface area contributed by atoms with Crippen LogP contribution in [-0.2, 0) is 19.6 Å². The molecule has 0 radical (unpaired) electrons. The lowest BCUT2D eigenvalue weighted by Gasteiger charge is -2.27. The molecule has 1 aliphatic carbocycles. The first-order valence-corrected chi connectivity index (χ1v) is 12.4. The zero-order chi connectivity index (χ0) is 23.1. The smallest absolute Gasteiger partial charge is 0.243 e. The van der Waals surface area contributed by atoms with Crippen molar-refractivity contribution in [3.8, 4) is 0 Å². The van der Waals surface area contributed by atoms with Gasteiger partial charge in [0.25, 0.3) is 0 Å². The van der Waals surface area contributed by atoms with Crippen molar-refractivity contribution in [1.82, 2.24) is 10.0 Å². The summed E-state index contributed by atoms with van der Waals surface area (Å²) in [6, 6.07) is 14.2. The van der Waals surface area contributed by atoms with Crippen LogP contribution in [0.3, 0.4) is 0 Å². The molecule has 0 atom stereocenters. The molecule has 0 bridgehead atoms. The van der Waals surface area contributed by atoms with E-state index in [1.165, 1.54) is 0 Å². The lowest BCUT2D eigenvalue weighted by Crippen LogP contribution is -2.39. The second-order valence-corrected chi connectivity index (χ2v) is 10.3. The molecule has 0 heterocycles. The molecule has 0 spiro atoms. The summed E-state index contributed by atoms with van der Waals surface area (Å²) in [6.45, 7) is 4.18. The van der Waals surface area contributed by atoms with Crippen molar-refractivity contribution in [3.63, 3.8) is 0 Å². The van der Waals surface area contributed by atoms with Crippen molar-refractivity contribution in [2.45, 2.75) is 44.4 Å². The molecule has 2 aromatic carbocycles. The lowest BCUT2D eigenvalue weighted by atomic mass is 9.81. The predicted molar refractivity (Wildman–Crippen MR) is 125 cm³/mol. The quantitative estimate of drug-likeness (QED) is 0.566. The number of sulfonamides is 1. The molecule has 3 rings (SSSR count). The van der Waals surface area contributed by atoms with Crippen LogP contribution in [-0.4, -0.2) is 33.3 Å². The Morgan fingerprint density at radius 1 is 0.875 bits per heavy atom. The van der Waals surface area contributed by atoms with Gasteiger partial charge in [0.05, 0.1) is 11.4 Å². The molecular formula is C24H31N3O4S. The average Bonchev–Trinajstić information content (AvgIpc) is 2.78. The van der Waals surface area contributed by atoms with E-state index in [4.69, 9.17) is 0 Å². The minimum atomic E-state index is -3.53. The summed E-state index contributed by atoms with van der Waals surface area (Å²) in [5, 5.41) is 5.48. The lowest BCUT2D eigenvalue weighted by molar-refractivity contribution is -0.128. The number of amides is 2. The van der Waals surface area contributed by atoms with Crippen molar-refractivity contribution in [3.05, 3.63) is 59.7 Å². The van der Waals surface area contributed by atoms with Gasteiger partial charge in [0.1, 0.15) is 0 Å². The van der Waals surface area contributed by atoms with E-state index in [1.807, 2.05) is 38.1 Å². The van der Waals surface area contributed by atoms with Gasteiger partial charge in [-0.3, -0.25) is 9.59 Å². The third kappa shape index (κ3) is 6.90. The SMILES string of the molecule is Cc1ccc(NC(=O)CNC(=O)C2CCC(CNS(=O)(=O)c3ccc(C)cc3)CC2)cc1. The van der Waals surface area contributed by atoms with Crippen LogP contribution in [0.1, 0.15) is 36.8 Å². The molecule has 2 amide bonds. The van der Waals surface area contributed by atoms with Crippen LogP contribution in [0.25, 0.3) is 0 Å².